The van der Waals surface area contributed by atoms with E-state index in [0.29, 0.717) is 6.42 Å². The second-order valence-corrected chi connectivity index (χ2v) is 3.54. The van der Waals surface area contributed by atoms with Crippen LogP contribution in [0.25, 0.3) is 0 Å². The molecule has 0 saturated carbocycles. The topological polar surface area (TPSA) is 37.3 Å². The highest BCUT2D eigenvalue weighted by Crippen LogP contribution is 2.20. The maximum absolute atomic E-state index is 12.8. The van der Waals surface area contributed by atoms with Crippen molar-refractivity contribution >= 4 is 5.78 Å². The van der Waals surface area contributed by atoms with E-state index >= 15 is 0 Å². The van der Waals surface area contributed by atoms with E-state index < -0.39 is 5.82 Å². The number of hydrogen-bond donors (Lipinski definition) is 1. The first-order valence-electron chi connectivity index (χ1n) is 5.17. The van der Waals surface area contributed by atoms with Gasteiger partial charge in [-0.05, 0) is 24.6 Å². The Bertz CT molecular complexity index is 347. The van der Waals surface area contributed by atoms with E-state index in [-0.39, 0.29) is 17.1 Å². The molecule has 0 aliphatic carbocycles. The zero-order valence-corrected chi connectivity index (χ0v) is 8.79. The number of unbranched alkanes of at least 4 members (excludes halogenated alkanes) is 2. The maximum atomic E-state index is 12.8. The molecule has 1 rings (SSSR count). The molecule has 0 unspecified atom stereocenters. The summed E-state index contributed by atoms with van der Waals surface area (Å²) in [5.74, 6) is -0.829. The van der Waals surface area contributed by atoms with Gasteiger partial charge < -0.3 is 5.11 Å². The number of carbonyl (C=O) groups is 1. The summed E-state index contributed by atoms with van der Waals surface area (Å²) in [5.41, 5.74) is 0.0890. The van der Waals surface area contributed by atoms with Crippen LogP contribution in [0.3, 0.4) is 0 Å². The van der Waals surface area contributed by atoms with E-state index in [0.717, 1.165) is 31.4 Å². The quantitative estimate of drug-likeness (QED) is 0.598. The molecule has 3 heteroatoms. The summed E-state index contributed by atoms with van der Waals surface area (Å²) >= 11 is 0. The van der Waals surface area contributed by atoms with Crippen molar-refractivity contribution < 1.29 is 14.3 Å². The smallest absolute Gasteiger partial charge is 0.166 e. The number of hydrogen-bond acceptors (Lipinski definition) is 2. The Morgan fingerprint density at radius 1 is 1.40 bits per heavy atom. The zero-order valence-electron chi connectivity index (χ0n) is 8.79. The molecule has 1 aromatic carbocycles. The van der Waals surface area contributed by atoms with Crippen LogP contribution in [0.4, 0.5) is 4.39 Å². The average molecular weight is 210 g/mol. The largest absolute Gasteiger partial charge is 0.507 e. The van der Waals surface area contributed by atoms with Gasteiger partial charge in [-0.15, -0.1) is 0 Å². The number of aromatic hydroxyl groups is 1. The molecule has 0 radical (unpaired) electrons. The molecule has 0 saturated heterocycles. The van der Waals surface area contributed by atoms with Gasteiger partial charge in [-0.1, -0.05) is 19.8 Å². The molecule has 2 nitrogen and oxygen atoms in total. The molecule has 0 bridgehead atoms. The van der Waals surface area contributed by atoms with Gasteiger partial charge in [0, 0.05) is 6.42 Å². The van der Waals surface area contributed by atoms with E-state index in [1.165, 1.54) is 6.07 Å². The Morgan fingerprint density at radius 2 is 2.13 bits per heavy atom. The normalized spacial score (nSPS) is 10.3. The van der Waals surface area contributed by atoms with Gasteiger partial charge in [-0.25, -0.2) is 4.39 Å². The molecule has 0 spiro atoms. The van der Waals surface area contributed by atoms with Gasteiger partial charge in [0.15, 0.2) is 5.78 Å². The van der Waals surface area contributed by atoms with Crippen LogP contribution in [0.1, 0.15) is 43.0 Å². The number of phenolic OH excluding ortho intramolecular Hbond substituents is 1. The maximum Gasteiger partial charge on any atom is 0.166 e. The first-order valence-corrected chi connectivity index (χ1v) is 5.17. The third kappa shape index (κ3) is 3.35. The van der Waals surface area contributed by atoms with Gasteiger partial charge in [0.1, 0.15) is 11.6 Å². The standard InChI is InChI=1S/C12H15FO2/c1-2-3-4-5-11(14)10-8-9(13)6-7-12(10)15/h6-8,15H,2-5H2,1H3. The summed E-state index contributed by atoms with van der Waals surface area (Å²) in [6.45, 7) is 2.05. The van der Waals surface area contributed by atoms with Crippen LogP contribution >= 0.6 is 0 Å². The van der Waals surface area contributed by atoms with E-state index in [9.17, 15) is 14.3 Å². The summed E-state index contributed by atoms with van der Waals surface area (Å²) < 4.78 is 12.8. The molecule has 0 atom stereocenters. The lowest BCUT2D eigenvalue weighted by Gasteiger charge is -2.03. The number of rotatable bonds is 5. The molecule has 0 aromatic heterocycles. The summed E-state index contributed by atoms with van der Waals surface area (Å²) in [5, 5.41) is 9.37. The van der Waals surface area contributed by atoms with Gasteiger partial charge in [0.05, 0.1) is 5.56 Å². The number of carbonyl (C=O) groups excluding carboxylic acids is 1. The molecule has 0 fully saturated rings. The van der Waals surface area contributed by atoms with Crippen molar-refractivity contribution in [3.8, 4) is 5.75 Å². The van der Waals surface area contributed by atoms with Crippen molar-refractivity contribution in [2.75, 3.05) is 0 Å². The Labute approximate surface area is 88.7 Å². The Balaban J connectivity index is 2.68. The van der Waals surface area contributed by atoms with Crippen LogP contribution in [0.5, 0.6) is 5.75 Å². The van der Waals surface area contributed by atoms with Gasteiger partial charge in [0.25, 0.3) is 0 Å². The summed E-state index contributed by atoms with van der Waals surface area (Å²) in [7, 11) is 0. The molecule has 15 heavy (non-hydrogen) atoms. The molecule has 0 aliphatic rings. The number of phenols is 1. The highest BCUT2D eigenvalue weighted by atomic mass is 19.1. The first-order chi connectivity index (χ1) is 7.15. The van der Waals surface area contributed by atoms with E-state index in [1.807, 2.05) is 6.92 Å². The van der Waals surface area contributed by atoms with Gasteiger partial charge >= 0.3 is 0 Å². The molecular formula is C12H15FO2. The van der Waals surface area contributed by atoms with Gasteiger partial charge in [-0.3, -0.25) is 4.79 Å². The SMILES string of the molecule is CCCCCC(=O)c1cc(F)ccc1O. The number of ketones is 1. The molecule has 0 amide bonds. The van der Waals surface area contributed by atoms with Crippen LogP contribution in [-0.4, -0.2) is 10.9 Å². The van der Waals surface area contributed by atoms with Crippen LogP contribution in [-0.2, 0) is 0 Å². The highest BCUT2D eigenvalue weighted by molar-refractivity contribution is 5.98. The van der Waals surface area contributed by atoms with Crippen molar-refractivity contribution in [3.05, 3.63) is 29.6 Å². The Kier molecular flexibility index (Phi) is 4.28. The van der Waals surface area contributed by atoms with Gasteiger partial charge in [0.2, 0.25) is 0 Å². The second kappa shape index (κ2) is 5.49. The van der Waals surface area contributed by atoms with Crippen LogP contribution in [0.2, 0.25) is 0 Å². The monoisotopic (exact) mass is 210 g/mol. The molecule has 1 N–H and O–H groups in total. The van der Waals surface area contributed by atoms with E-state index in [4.69, 9.17) is 0 Å². The Morgan fingerprint density at radius 3 is 2.80 bits per heavy atom. The van der Waals surface area contributed by atoms with Crippen LogP contribution in [0.15, 0.2) is 18.2 Å². The molecular weight excluding hydrogens is 195 g/mol. The lowest BCUT2D eigenvalue weighted by Crippen LogP contribution is -2.00. The van der Waals surface area contributed by atoms with Gasteiger partial charge in [-0.2, -0.15) is 0 Å². The predicted octanol–water partition coefficient (Wildman–Crippen LogP) is 3.29. The number of halogens is 1. The lowest BCUT2D eigenvalue weighted by molar-refractivity contribution is 0.0976. The van der Waals surface area contributed by atoms with Crippen LogP contribution in [0, 0.1) is 5.82 Å². The van der Waals surface area contributed by atoms with Crippen molar-refractivity contribution in [3.63, 3.8) is 0 Å². The van der Waals surface area contributed by atoms with E-state index in [2.05, 4.69) is 0 Å². The molecule has 0 aliphatic heterocycles. The third-order valence-corrected chi connectivity index (χ3v) is 2.27. The lowest BCUT2D eigenvalue weighted by atomic mass is 10.0. The first kappa shape index (κ1) is 11.7. The zero-order chi connectivity index (χ0) is 11.3. The van der Waals surface area contributed by atoms with Crippen molar-refractivity contribution in [2.45, 2.75) is 32.6 Å². The van der Waals surface area contributed by atoms with Crippen molar-refractivity contribution in [1.82, 2.24) is 0 Å². The summed E-state index contributed by atoms with van der Waals surface area (Å²) in [6.07, 6.45) is 3.15. The molecule has 0 heterocycles. The van der Waals surface area contributed by atoms with Crippen molar-refractivity contribution in [1.29, 1.82) is 0 Å². The highest BCUT2D eigenvalue weighted by Gasteiger charge is 2.11. The second-order valence-electron chi connectivity index (χ2n) is 3.54. The fourth-order valence-corrected chi connectivity index (χ4v) is 1.40. The van der Waals surface area contributed by atoms with Crippen LogP contribution < -0.4 is 0 Å². The fourth-order valence-electron chi connectivity index (χ4n) is 1.40. The predicted molar refractivity (Wildman–Crippen MR) is 56.5 cm³/mol. The molecule has 82 valence electrons. The minimum atomic E-state index is -0.494. The Hall–Kier alpha value is -1.38. The average Bonchev–Trinajstić information content (AvgIpc) is 2.22. The number of Topliss-reactive ketones (excluding diaryl/α,β-unsaturated/α-hetero) is 1. The number of benzene rings is 1. The summed E-state index contributed by atoms with van der Waals surface area (Å²) in [4.78, 5) is 11.6. The minimum absolute atomic E-state index is 0.0890. The van der Waals surface area contributed by atoms with E-state index in [1.54, 1.807) is 0 Å². The van der Waals surface area contributed by atoms with Crippen molar-refractivity contribution in [2.24, 2.45) is 0 Å². The third-order valence-electron chi connectivity index (χ3n) is 2.27. The fraction of sp³-hybridized carbons (Fsp3) is 0.417. The minimum Gasteiger partial charge on any atom is -0.507 e. The molecule has 1 aromatic rings. The summed E-state index contributed by atoms with van der Waals surface area (Å²) in [6, 6.07) is 3.43.